The number of aromatic amines is 1. The van der Waals surface area contributed by atoms with E-state index >= 15 is 0 Å². The first-order valence-electron chi connectivity index (χ1n) is 6.40. The second-order valence-corrected chi connectivity index (χ2v) is 4.51. The van der Waals surface area contributed by atoms with Crippen LogP contribution in [0.5, 0.6) is 0 Å². The van der Waals surface area contributed by atoms with Crippen molar-refractivity contribution in [3.8, 4) is 0 Å². The first kappa shape index (κ1) is 15.1. The quantitative estimate of drug-likeness (QED) is 0.776. The minimum Gasteiger partial charge on any atom is -0.481 e. The van der Waals surface area contributed by atoms with Gasteiger partial charge < -0.3 is 5.11 Å². The van der Waals surface area contributed by atoms with E-state index in [2.05, 4.69) is 15.2 Å². The van der Waals surface area contributed by atoms with Gasteiger partial charge in [0.25, 0.3) is 0 Å². The lowest BCUT2D eigenvalue weighted by Crippen LogP contribution is -2.41. The highest BCUT2D eigenvalue weighted by molar-refractivity contribution is 5.93. The van der Waals surface area contributed by atoms with Crippen molar-refractivity contribution in [2.24, 2.45) is 11.8 Å². The minimum absolute atomic E-state index is 0.0832. The molecule has 1 amide bonds. The zero-order valence-corrected chi connectivity index (χ0v) is 11.5. The third kappa shape index (κ3) is 3.77. The predicted octanol–water partition coefficient (Wildman–Crippen LogP) is 1.29. The highest BCUT2D eigenvalue weighted by Crippen LogP contribution is 2.17. The monoisotopic (exact) mass is 268 g/mol. The lowest BCUT2D eigenvalue weighted by molar-refractivity contribution is -0.140. The Labute approximate surface area is 112 Å². The molecule has 0 saturated heterocycles. The number of hydrogen-bond acceptors (Lipinski definition) is 4. The summed E-state index contributed by atoms with van der Waals surface area (Å²) in [5.41, 5.74) is 0. The molecule has 0 aromatic carbocycles. The molecule has 106 valence electrons. The third-order valence-corrected chi connectivity index (χ3v) is 3.14. The number of nitrogens with one attached hydrogen (secondary N) is 1. The molecule has 1 heterocycles. The van der Waals surface area contributed by atoms with Gasteiger partial charge in [0.15, 0.2) is 0 Å². The van der Waals surface area contributed by atoms with Gasteiger partial charge in [0.05, 0.1) is 5.92 Å². The summed E-state index contributed by atoms with van der Waals surface area (Å²) in [7, 11) is 0. The van der Waals surface area contributed by atoms with E-state index in [0.29, 0.717) is 18.8 Å². The molecule has 1 rings (SSSR count). The fraction of sp³-hybridized carbons (Fsp3) is 0.667. The summed E-state index contributed by atoms with van der Waals surface area (Å²) in [5, 5.41) is 15.3. The van der Waals surface area contributed by atoms with Crippen LogP contribution in [0, 0.1) is 11.8 Å². The summed E-state index contributed by atoms with van der Waals surface area (Å²) in [6.07, 6.45) is 2.72. The number of nitrogens with zero attached hydrogens (tertiary/aromatic N) is 3. The van der Waals surface area contributed by atoms with Crippen LogP contribution in [0.2, 0.25) is 0 Å². The van der Waals surface area contributed by atoms with Crippen molar-refractivity contribution < 1.29 is 14.7 Å². The fourth-order valence-electron chi connectivity index (χ4n) is 1.82. The number of carbonyl (C=O) groups excluding carboxylic acids is 1. The van der Waals surface area contributed by atoms with Crippen molar-refractivity contribution in [3.05, 3.63) is 6.33 Å². The van der Waals surface area contributed by atoms with E-state index in [1.165, 1.54) is 11.2 Å². The molecule has 2 N–H and O–H groups in total. The highest BCUT2D eigenvalue weighted by atomic mass is 16.4. The largest absolute Gasteiger partial charge is 0.481 e. The van der Waals surface area contributed by atoms with E-state index < -0.39 is 11.9 Å². The number of hydrogen-bond donors (Lipinski definition) is 2. The topological polar surface area (TPSA) is 99.2 Å². The van der Waals surface area contributed by atoms with Crippen LogP contribution in [-0.2, 0) is 9.59 Å². The molecular weight excluding hydrogens is 248 g/mol. The van der Waals surface area contributed by atoms with Crippen LogP contribution in [0.4, 0.5) is 5.95 Å². The molecular formula is C12H20N4O3. The molecule has 0 aliphatic heterocycles. The number of carboxylic acid groups (broad SMARTS) is 1. The van der Waals surface area contributed by atoms with Gasteiger partial charge in [-0.2, -0.15) is 10.1 Å². The molecule has 1 unspecified atom stereocenters. The third-order valence-electron chi connectivity index (χ3n) is 3.14. The molecule has 0 radical (unpaired) electrons. The Hall–Kier alpha value is -1.92. The molecule has 0 fully saturated rings. The number of carboxylic acids is 1. The van der Waals surface area contributed by atoms with Crippen molar-refractivity contribution in [3.63, 3.8) is 0 Å². The lowest BCUT2D eigenvalue weighted by atomic mass is 10.0. The van der Waals surface area contributed by atoms with Gasteiger partial charge in [-0.15, -0.1) is 0 Å². The highest BCUT2D eigenvalue weighted by Gasteiger charge is 2.27. The van der Waals surface area contributed by atoms with Crippen LogP contribution < -0.4 is 4.90 Å². The van der Waals surface area contributed by atoms with E-state index in [9.17, 15) is 9.59 Å². The average molecular weight is 268 g/mol. The van der Waals surface area contributed by atoms with Gasteiger partial charge in [0, 0.05) is 12.5 Å². The Bertz CT molecular complexity index is 415. The second-order valence-electron chi connectivity index (χ2n) is 4.51. The predicted molar refractivity (Wildman–Crippen MR) is 69.6 cm³/mol. The van der Waals surface area contributed by atoms with Gasteiger partial charge in [-0.25, -0.2) is 5.10 Å². The van der Waals surface area contributed by atoms with Crippen LogP contribution in [0.3, 0.4) is 0 Å². The fourth-order valence-corrected chi connectivity index (χ4v) is 1.82. The van der Waals surface area contributed by atoms with Crippen molar-refractivity contribution >= 4 is 17.8 Å². The molecule has 1 aromatic heterocycles. The normalized spacial score (nSPS) is 12.4. The van der Waals surface area contributed by atoms with E-state index in [1.54, 1.807) is 6.92 Å². The van der Waals surface area contributed by atoms with Gasteiger partial charge in [-0.1, -0.05) is 20.8 Å². The molecule has 0 saturated carbocycles. The van der Waals surface area contributed by atoms with Crippen LogP contribution >= 0.6 is 0 Å². The van der Waals surface area contributed by atoms with Gasteiger partial charge in [-0.3, -0.25) is 14.5 Å². The molecule has 7 heteroatoms. The summed E-state index contributed by atoms with van der Waals surface area (Å²) in [4.78, 5) is 28.7. The molecule has 0 aliphatic carbocycles. The van der Waals surface area contributed by atoms with Crippen LogP contribution in [0.15, 0.2) is 6.33 Å². The number of aromatic nitrogens is 3. The van der Waals surface area contributed by atoms with Crippen molar-refractivity contribution in [2.45, 2.75) is 33.6 Å². The Morgan fingerprint density at radius 1 is 1.42 bits per heavy atom. The maximum absolute atomic E-state index is 12.4. The van der Waals surface area contributed by atoms with E-state index in [4.69, 9.17) is 5.11 Å². The first-order valence-corrected chi connectivity index (χ1v) is 6.40. The number of aliphatic carboxylic acids is 1. The summed E-state index contributed by atoms with van der Waals surface area (Å²) < 4.78 is 0. The summed E-state index contributed by atoms with van der Waals surface area (Å²) in [6.45, 7) is 5.52. The molecule has 0 aliphatic rings. The summed E-state index contributed by atoms with van der Waals surface area (Å²) in [6, 6.07) is 0. The Balaban J connectivity index is 2.93. The van der Waals surface area contributed by atoms with Gasteiger partial charge in [0.2, 0.25) is 11.9 Å². The zero-order valence-electron chi connectivity index (χ0n) is 11.5. The van der Waals surface area contributed by atoms with E-state index in [-0.39, 0.29) is 18.4 Å². The summed E-state index contributed by atoms with van der Waals surface area (Å²) in [5.74, 6) is -1.56. The van der Waals surface area contributed by atoms with Gasteiger partial charge in [0.1, 0.15) is 6.33 Å². The Morgan fingerprint density at radius 2 is 2.05 bits per heavy atom. The van der Waals surface area contributed by atoms with Crippen molar-refractivity contribution in [2.75, 3.05) is 11.4 Å². The maximum atomic E-state index is 12.4. The first-order chi connectivity index (χ1) is 9.01. The van der Waals surface area contributed by atoms with E-state index in [1.807, 2.05) is 13.8 Å². The standard InChI is InChI=1S/C12H20N4O3/c1-4-9(5-2)10(17)16(6-8(3)11(18)19)12-13-7-14-15-12/h7-9H,4-6H2,1-3H3,(H,18,19)(H,13,14,15). The zero-order chi connectivity index (χ0) is 14.4. The molecule has 19 heavy (non-hydrogen) atoms. The van der Waals surface area contributed by atoms with Crippen LogP contribution in [0.25, 0.3) is 0 Å². The number of H-pyrrole nitrogens is 1. The summed E-state index contributed by atoms with van der Waals surface area (Å²) >= 11 is 0. The molecule has 1 aromatic rings. The smallest absolute Gasteiger partial charge is 0.308 e. The molecule has 0 bridgehead atoms. The number of amides is 1. The molecule has 1 atom stereocenters. The number of rotatable bonds is 7. The second kappa shape index (κ2) is 6.86. The van der Waals surface area contributed by atoms with Gasteiger partial charge in [-0.05, 0) is 12.8 Å². The number of carbonyl (C=O) groups is 2. The van der Waals surface area contributed by atoms with Crippen molar-refractivity contribution in [1.29, 1.82) is 0 Å². The maximum Gasteiger partial charge on any atom is 0.308 e. The number of anilines is 1. The Kier molecular flexibility index (Phi) is 5.47. The van der Waals surface area contributed by atoms with Crippen molar-refractivity contribution in [1.82, 2.24) is 15.2 Å². The Morgan fingerprint density at radius 3 is 2.47 bits per heavy atom. The van der Waals surface area contributed by atoms with Crippen LogP contribution in [0.1, 0.15) is 33.6 Å². The molecule has 0 spiro atoms. The SMILES string of the molecule is CCC(CC)C(=O)N(CC(C)C(=O)O)c1ncn[nH]1. The minimum atomic E-state index is -0.943. The average Bonchev–Trinajstić information content (AvgIpc) is 2.90. The molecule has 7 nitrogen and oxygen atoms in total. The lowest BCUT2D eigenvalue weighted by Gasteiger charge is -2.25. The van der Waals surface area contributed by atoms with Crippen LogP contribution in [-0.4, -0.2) is 38.7 Å². The van der Waals surface area contributed by atoms with E-state index in [0.717, 1.165) is 0 Å². The van der Waals surface area contributed by atoms with Gasteiger partial charge >= 0.3 is 5.97 Å².